The van der Waals surface area contributed by atoms with Gasteiger partial charge in [0.25, 0.3) is 0 Å². The number of likely N-dealkylation sites (tertiary alicyclic amines) is 1. The van der Waals surface area contributed by atoms with E-state index in [1.807, 2.05) is 13.0 Å². The summed E-state index contributed by atoms with van der Waals surface area (Å²) in [4.78, 5) is 10.8. The maximum absolute atomic E-state index is 14.4. The van der Waals surface area contributed by atoms with Crippen LogP contribution >= 0.6 is 15.9 Å². The maximum Gasteiger partial charge on any atom is 0.227 e. The molecule has 0 amide bonds. The van der Waals surface area contributed by atoms with E-state index in [1.165, 1.54) is 6.07 Å². The molecule has 2 aromatic rings. The molecule has 2 N–H and O–H groups in total. The van der Waals surface area contributed by atoms with Crippen LogP contribution in [0.5, 0.6) is 0 Å². The Morgan fingerprint density at radius 1 is 1.42 bits per heavy atom. The first-order valence-corrected chi connectivity index (χ1v) is 8.89. The van der Waals surface area contributed by atoms with Gasteiger partial charge in [0.2, 0.25) is 5.95 Å². The van der Waals surface area contributed by atoms with Crippen LogP contribution in [-0.4, -0.2) is 40.5 Å². The number of hydrogen-bond acceptors (Lipinski definition) is 5. The minimum Gasteiger partial charge on any atom is -0.379 e. The zero-order valence-electron chi connectivity index (χ0n) is 13.8. The first-order valence-electron chi connectivity index (χ1n) is 8.09. The van der Waals surface area contributed by atoms with Crippen molar-refractivity contribution < 1.29 is 4.39 Å². The molecule has 0 saturated carbocycles. The van der Waals surface area contributed by atoms with Gasteiger partial charge in [-0.15, -0.1) is 0 Å². The molecule has 24 heavy (non-hydrogen) atoms. The second-order valence-corrected chi connectivity index (χ2v) is 6.82. The Bertz CT molecular complexity index is 724. The van der Waals surface area contributed by atoms with Crippen LogP contribution in [-0.2, 0) is 0 Å². The van der Waals surface area contributed by atoms with E-state index in [1.54, 1.807) is 12.3 Å². The Morgan fingerprint density at radius 3 is 2.92 bits per heavy atom. The standard InChI is InChI=1S/C17H21BrFN5/c1-3-24-7-6-13(10-24)22-16-5-4-12(8-15(16)19)23-17-20-9-14(18)11(2)21-17/h4-5,8-9,13,22H,3,6-7,10H2,1-2H3,(H,20,21,23). The predicted octanol–water partition coefficient (Wildman–Crippen LogP) is 3.94. The van der Waals surface area contributed by atoms with Gasteiger partial charge in [-0.1, -0.05) is 6.92 Å². The summed E-state index contributed by atoms with van der Waals surface area (Å²) < 4.78 is 15.2. The third-order valence-electron chi connectivity index (χ3n) is 4.22. The van der Waals surface area contributed by atoms with E-state index >= 15 is 0 Å². The molecule has 3 rings (SSSR count). The van der Waals surface area contributed by atoms with Crippen LogP contribution in [0.3, 0.4) is 0 Å². The predicted molar refractivity (Wildman–Crippen MR) is 98.3 cm³/mol. The van der Waals surface area contributed by atoms with Crippen molar-refractivity contribution in [3.8, 4) is 0 Å². The number of anilines is 3. The van der Waals surface area contributed by atoms with Gasteiger partial charge in [0.15, 0.2) is 0 Å². The van der Waals surface area contributed by atoms with Crippen molar-refractivity contribution in [2.45, 2.75) is 26.3 Å². The fourth-order valence-electron chi connectivity index (χ4n) is 2.81. The second-order valence-electron chi connectivity index (χ2n) is 5.97. The number of benzene rings is 1. The highest BCUT2D eigenvalue weighted by molar-refractivity contribution is 9.10. The van der Waals surface area contributed by atoms with E-state index in [2.05, 4.69) is 48.4 Å². The molecule has 0 aliphatic carbocycles. The Kier molecular flexibility index (Phi) is 5.30. The third-order valence-corrected chi connectivity index (χ3v) is 5.00. The summed E-state index contributed by atoms with van der Waals surface area (Å²) in [6.07, 6.45) is 2.72. The van der Waals surface area contributed by atoms with E-state index in [9.17, 15) is 4.39 Å². The summed E-state index contributed by atoms with van der Waals surface area (Å²) in [7, 11) is 0. The molecule has 1 unspecified atom stereocenters. The fraction of sp³-hybridized carbons (Fsp3) is 0.412. The van der Waals surface area contributed by atoms with Crippen molar-refractivity contribution in [3.05, 3.63) is 40.4 Å². The monoisotopic (exact) mass is 393 g/mol. The van der Waals surface area contributed by atoms with Crippen molar-refractivity contribution in [2.24, 2.45) is 0 Å². The summed E-state index contributed by atoms with van der Waals surface area (Å²) in [6, 6.07) is 5.36. The summed E-state index contributed by atoms with van der Waals surface area (Å²) in [5.74, 6) is 0.175. The van der Waals surface area contributed by atoms with Gasteiger partial charge >= 0.3 is 0 Å². The van der Waals surface area contributed by atoms with Gasteiger partial charge in [0, 0.05) is 31.0 Å². The molecule has 0 spiro atoms. The van der Waals surface area contributed by atoms with E-state index in [0.717, 1.165) is 36.2 Å². The molecule has 1 saturated heterocycles. The lowest BCUT2D eigenvalue weighted by atomic mass is 10.2. The van der Waals surface area contributed by atoms with Gasteiger partial charge in [-0.2, -0.15) is 0 Å². The van der Waals surface area contributed by atoms with Crippen molar-refractivity contribution in [3.63, 3.8) is 0 Å². The molecular weight excluding hydrogens is 373 g/mol. The molecule has 1 aliphatic heterocycles. The second kappa shape index (κ2) is 7.44. The first-order chi connectivity index (χ1) is 11.5. The zero-order valence-corrected chi connectivity index (χ0v) is 15.4. The number of aromatic nitrogens is 2. The number of rotatable bonds is 5. The van der Waals surface area contributed by atoms with Gasteiger partial charge in [-0.25, -0.2) is 14.4 Å². The van der Waals surface area contributed by atoms with E-state index in [4.69, 9.17) is 0 Å². The van der Waals surface area contributed by atoms with E-state index in [-0.39, 0.29) is 5.82 Å². The summed E-state index contributed by atoms with van der Waals surface area (Å²) in [6.45, 7) is 7.09. The lowest BCUT2D eigenvalue weighted by Gasteiger charge is -2.16. The van der Waals surface area contributed by atoms with Gasteiger partial charge in [0.05, 0.1) is 15.9 Å². The lowest BCUT2D eigenvalue weighted by molar-refractivity contribution is 0.356. The van der Waals surface area contributed by atoms with Gasteiger partial charge < -0.3 is 15.5 Å². The van der Waals surface area contributed by atoms with Crippen LogP contribution in [0.1, 0.15) is 19.0 Å². The number of likely N-dealkylation sites (N-methyl/N-ethyl adjacent to an activating group) is 1. The molecule has 2 heterocycles. The Morgan fingerprint density at radius 2 is 2.25 bits per heavy atom. The highest BCUT2D eigenvalue weighted by Crippen LogP contribution is 2.24. The Balaban J connectivity index is 1.67. The number of aryl methyl sites for hydroxylation is 1. The van der Waals surface area contributed by atoms with Crippen LogP contribution < -0.4 is 10.6 Å². The average molecular weight is 394 g/mol. The van der Waals surface area contributed by atoms with Crippen LogP contribution in [0, 0.1) is 12.7 Å². The van der Waals surface area contributed by atoms with Crippen molar-refractivity contribution >= 4 is 33.3 Å². The topological polar surface area (TPSA) is 53.1 Å². The third kappa shape index (κ3) is 4.02. The minimum atomic E-state index is -0.274. The Hall–Kier alpha value is -1.73. The fourth-order valence-corrected chi connectivity index (χ4v) is 3.00. The quantitative estimate of drug-likeness (QED) is 0.805. The number of nitrogens with zero attached hydrogens (tertiary/aromatic N) is 3. The van der Waals surface area contributed by atoms with E-state index < -0.39 is 0 Å². The molecule has 1 fully saturated rings. The molecule has 128 valence electrons. The lowest BCUT2D eigenvalue weighted by Crippen LogP contribution is -2.26. The molecule has 0 bridgehead atoms. The zero-order chi connectivity index (χ0) is 17.1. The van der Waals surface area contributed by atoms with Crippen LogP contribution in [0.15, 0.2) is 28.9 Å². The molecule has 0 radical (unpaired) electrons. The largest absolute Gasteiger partial charge is 0.379 e. The van der Waals surface area contributed by atoms with Gasteiger partial charge in [-0.05, 0) is 54.0 Å². The normalized spacial score (nSPS) is 17.9. The average Bonchev–Trinajstić information content (AvgIpc) is 3.01. The molecule has 1 aliphatic rings. The van der Waals surface area contributed by atoms with Crippen LogP contribution in [0.25, 0.3) is 0 Å². The van der Waals surface area contributed by atoms with Gasteiger partial charge in [-0.3, -0.25) is 0 Å². The van der Waals surface area contributed by atoms with E-state index in [0.29, 0.717) is 23.4 Å². The molecule has 1 aromatic carbocycles. The maximum atomic E-state index is 14.4. The van der Waals surface area contributed by atoms with Crippen molar-refractivity contribution in [1.29, 1.82) is 0 Å². The highest BCUT2D eigenvalue weighted by atomic mass is 79.9. The first kappa shape index (κ1) is 17.1. The summed E-state index contributed by atoms with van der Waals surface area (Å²) in [5.41, 5.74) is 1.99. The van der Waals surface area contributed by atoms with Crippen LogP contribution in [0.2, 0.25) is 0 Å². The smallest absolute Gasteiger partial charge is 0.227 e. The van der Waals surface area contributed by atoms with Crippen LogP contribution in [0.4, 0.5) is 21.7 Å². The highest BCUT2D eigenvalue weighted by Gasteiger charge is 2.21. The number of halogens is 2. The molecule has 7 heteroatoms. The molecule has 1 aromatic heterocycles. The summed E-state index contributed by atoms with van der Waals surface area (Å²) >= 11 is 3.36. The molecule has 5 nitrogen and oxygen atoms in total. The SMILES string of the molecule is CCN1CCC(Nc2ccc(Nc3ncc(Br)c(C)n3)cc2F)C1. The molecule has 1 atom stereocenters. The van der Waals surface area contributed by atoms with Gasteiger partial charge in [0.1, 0.15) is 5.82 Å². The van der Waals surface area contributed by atoms with Crippen molar-refractivity contribution in [1.82, 2.24) is 14.9 Å². The minimum absolute atomic E-state index is 0.274. The summed E-state index contributed by atoms with van der Waals surface area (Å²) in [5, 5.41) is 6.33. The Labute approximate surface area is 149 Å². The number of nitrogens with one attached hydrogen (secondary N) is 2. The molecular formula is C17H21BrFN5. The number of hydrogen-bond donors (Lipinski definition) is 2. The van der Waals surface area contributed by atoms with Crippen molar-refractivity contribution in [2.75, 3.05) is 30.3 Å².